The summed E-state index contributed by atoms with van der Waals surface area (Å²) in [4.78, 5) is 19.4. The van der Waals surface area contributed by atoms with Crippen LogP contribution >= 0.6 is 0 Å². The van der Waals surface area contributed by atoms with E-state index >= 15 is 0 Å². The van der Waals surface area contributed by atoms with E-state index in [1.165, 1.54) is 57.8 Å². The second kappa shape index (κ2) is 23.2. The molecule has 5 nitrogen and oxygen atoms in total. The van der Waals surface area contributed by atoms with E-state index in [-0.39, 0.29) is 36.1 Å². The molecule has 0 aromatic rings. The molecular weight excluding hydrogens is 293 g/mol. The van der Waals surface area contributed by atoms with Crippen LogP contribution in [0.2, 0.25) is 0 Å². The van der Waals surface area contributed by atoms with Gasteiger partial charge in [0.05, 0.1) is 5.97 Å². The van der Waals surface area contributed by atoms with Crippen LogP contribution in [0, 0.1) is 0 Å². The normalized spacial score (nSPS) is 9.36. The van der Waals surface area contributed by atoms with Gasteiger partial charge in [0.25, 0.3) is 0 Å². The zero-order valence-corrected chi connectivity index (χ0v) is 16.4. The monoisotopic (exact) mass is 325 g/mol. The molecule has 0 saturated carbocycles. The largest absolute Gasteiger partial charge is 1.00 e. The van der Waals surface area contributed by atoms with Crippen molar-refractivity contribution in [2.45, 2.75) is 84.0 Å². The van der Waals surface area contributed by atoms with Gasteiger partial charge >= 0.3 is 35.5 Å². The molecule has 0 unspecified atom stereocenters. The van der Waals surface area contributed by atoms with Crippen LogP contribution in [0.5, 0.6) is 0 Å². The molecule has 0 fully saturated rings. The molecule has 0 bridgehead atoms. The van der Waals surface area contributed by atoms with E-state index in [4.69, 9.17) is 15.0 Å². The fourth-order valence-corrected chi connectivity index (χ4v) is 1.94. The number of aliphatic carboxylic acids is 2. The van der Waals surface area contributed by atoms with E-state index < -0.39 is 11.9 Å². The molecular formula is C16H32NNaO4. The number of carboxylic acid groups (broad SMARTS) is 2. The second-order valence-electron chi connectivity index (χ2n) is 5.26. The summed E-state index contributed by atoms with van der Waals surface area (Å²) < 4.78 is 0. The van der Waals surface area contributed by atoms with Crippen molar-refractivity contribution in [1.29, 1.82) is 0 Å². The fourth-order valence-electron chi connectivity index (χ4n) is 1.94. The molecule has 0 saturated heterocycles. The van der Waals surface area contributed by atoms with Gasteiger partial charge in [-0.1, -0.05) is 71.1 Å². The number of hydrogen-bond donors (Lipinski definition) is 2. The van der Waals surface area contributed by atoms with Crippen molar-refractivity contribution >= 4 is 11.9 Å². The molecule has 0 aliphatic carbocycles. The maximum absolute atomic E-state index is 10.3. The van der Waals surface area contributed by atoms with Gasteiger partial charge in [0, 0.05) is 13.0 Å². The van der Waals surface area contributed by atoms with E-state index in [1.807, 2.05) is 0 Å². The summed E-state index contributed by atoms with van der Waals surface area (Å²) in [5.74, 6) is -1.87. The van der Waals surface area contributed by atoms with Gasteiger partial charge in [-0.2, -0.15) is 0 Å². The van der Waals surface area contributed by atoms with Gasteiger partial charge < -0.3 is 20.7 Å². The first kappa shape index (κ1) is 26.8. The topological polar surface area (TPSA) is 103 Å². The van der Waals surface area contributed by atoms with Crippen molar-refractivity contribution in [3.05, 3.63) is 0 Å². The van der Waals surface area contributed by atoms with E-state index in [9.17, 15) is 4.79 Å². The summed E-state index contributed by atoms with van der Waals surface area (Å²) in [6.07, 6.45) is 14.4. The van der Waals surface area contributed by atoms with E-state index in [0.717, 1.165) is 12.8 Å². The standard InChI is InChI=1S/C14H28O2.C2H5NO2.Na/c1-2-3-4-5-6-7-8-9-10-11-12-13-14(15)16;3-1-2(4)5;/h2-13H2,1H3,(H,15,16);1,3H2,(H,4,5);/q;;+1/p-1. The third kappa shape index (κ3) is 32.0. The van der Waals surface area contributed by atoms with Crippen molar-refractivity contribution in [3.8, 4) is 0 Å². The predicted octanol–water partition coefficient (Wildman–Crippen LogP) is -0.529. The Balaban J connectivity index is -0.000000520. The van der Waals surface area contributed by atoms with Crippen molar-refractivity contribution in [2.75, 3.05) is 6.54 Å². The maximum atomic E-state index is 10.3. The van der Waals surface area contributed by atoms with E-state index in [2.05, 4.69) is 12.7 Å². The SMILES string of the molecule is CCCCCCCCCCCCCC(=O)O.NCC(=O)[O-].[Na+]. The van der Waals surface area contributed by atoms with Crippen LogP contribution in [-0.4, -0.2) is 23.6 Å². The Labute approximate surface area is 157 Å². The number of unbranched alkanes of at least 4 members (excludes halogenated alkanes) is 10. The van der Waals surface area contributed by atoms with Crippen molar-refractivity contribution in [1.82, 2.24) is 0 Å². The van der Waals surface area contributed by atoms with Gasteiger partial charge in [-0.3, -0.25) is 4.79 Å². The molecule has 0 radical (unpaired) electrons. The minimum Gasteiger partial charge on any atom is -0.549 e. The van der Waals surface area contributed by atoms with Crippen molar-refractivity contribution < 1.29 is 49.4 Å². The fraction of sp³-hybridized carbons (Fsp3) is 0.875. The first-order valence-electron chi connectivity index (χ1n) is 8.16. The van der Waals surface area contributed by atoms with Gasteiger partial charge in [-0.05, 0) is 6.42 Å². The van der Waals surface area contributed by atoms with Gasteiger partial charge in [0.2, 0.25) is 0 Å². The second-order valence-corrected chi connectivity index (χ2v) is 5.26. The molecule has 0 rings (SSSR count). The van der Waals surface area contributed by atoms with Gasteiger partial charge in [-0.15, -0.1) is 0 Å². The quantitative estimate of drug-likeness (QED) is 0.350. The van der Waals surface area contributed by atoms with E-state index in [0.29, 0.717) is 6.42 Å². The Morgan fingerprint density at radius 3 is 1.45 bits per heavy atom. The molecule has 22 heavy (non-hydrogen) atoms. The van der Waals surface area contributed by atoms with Crippen LogP contribution in [0.15, 0.2) is 0 Å². The molecule has 0 aromatic heterocycles. The maximum Gasteiger partial charge on any atom is 1.00 e. The van der Waals surface area contributed by atoms with Crippen LogP contribution in [-0.2, 0) is 9.59 Å². The van der Waals surface area contributed by atoms with Gasteiger partial charge in [0.1, 0.15) is 0 Å². The third-order valence-corrected chi connectivity index (χ3v) is 3.16. The van der Waals surface area contributed by atoms with Crippen LogP contribution < -0.4 is 40.4 Å². The minimum absolute atomic E-state index is 0. The summed E-state index contributed by atoms with van der Waals surface area (Å²) >= 11 is 0. The molecule has 0 spiro atoms. The Morgan fingerprint density at radius 2 is 1.18 bits per heavy atom. The Hall–Kier alpha value is -0.100. The molecule has 126 valence electrons. The Bertz CT molecular complexity index is 250. The predicted molar refractivity (Wildman–Crippen MR) is 82.8 cm³/mol. The van der Waals surface area contributed by atoms with Crippen molar-refractivity contribution in [3.63, 3.8) is 0 Å². The summed E-state index contributed by atoms with van der Waals surface area (Å²) in [6.45, 7) is 1.86. The average molecular weight is 325 g/mol. The third-order valence-electron chi connectivity index (χ3n) is 3.16. The summed E-state index contributed by atoms with van der Waals surface area (Å²) in [7, 11) is 0. The molecule has 0 heterocycles. The van der Waals surface area contributed by atoms with Crippen LogP contribution in [0.4, 0.5) is 0 Å². The Morgan fingerprint density at radius 1 is 0.864 bits per heavy atom. The zero-order valence-electron chi connectivity index (χ0n) is 14.4. The summed E-state index contributed by atoms with van der Waals surface area (Å²) in [5, 5.41) is 17.6. The number of nitrogens with two attached hydrogens (primary N) is 1. The smallest absolute Gasteiger partial charge is 0.549 e. The van der Waals surface area contributed by atoms with Gasteiger partial charge in [0.15, 0.2) is 0 Å². The number of carbonyl (C=O) groups is 2. The minimum atomic E-state index is -1.22. The van der Waals surface area contributed by atoms with Crippen LogP contribution in [0.1, 0.15) is 84.0 Å². The van der Waals surface area contributed by atoms with Crippen molar-refractivity contribution in [2.24, 2.45) is 5.73 Å². The number of rotatable bonds is 13. The zero-order chi connectivity index (χ0) is 16.3. The molecule has 3 N–H and O–H groups in total. The number of hydrogen-bond acceptors (Lipinski definition) is 4. The molecule has 0 atom stereocenters. The molecule has 0 aliphatic heterocycles. The van der Waals surface area contributed by atoms with Gasteiger partial charge in [-0.25, -0.2) is 0 Å². The van der Waals surface area contributed by atoms with E-state index in [1.54, 1.807) is 0 Å². The number of carboxylic acids is 2. The van der Waals surface area contributed by atoms with Crippen LogP contribution in [0.25, 0.3) is 0 Å². The summed E-state index contributed by atoms with van der Waals surface area (Å²) in [5.41, 5.74) is 4.51. The molecule has 0 aliphatic rings. The number of carbonyl (C=O) groups excluding carboxylic acids is 1. The molecule has 0 aromatic carbocycles. The van der Waals surface area contributed by atoms with Crippen LogP contribution in [0.3, 0.4) is 0 Å². The first-order valence-corrected chi connectivity index (χ1v) is 8.16. The summed E-state index contributed by atoms with van der Waals surface area (Å²) in [6, 6.07) is 0. The first-order chi connectivity index (χ1) is 10.0. The average Bonchev–Trinajstić information content (AvgIpc) is 2.45. The molecule has 6 heteroatoms. The molecule has 0 amide bonds. The Kier molecular flexibility index (Phi) is 28.2.